The lowest BCUT2D eigenvalue weighted by molar-refractivity contribution is 0.957. The van der Waals surface area contributed by atoms with Crippen molar-refractivity contribution in [3.63, 3.8) is 0 Å². The van der Waals surface area contributed by atoms with Crippen molar-refractivity contribution in [1.29, 1.82) is 0 Å². The molecule has 0 saturated carbocycles. The Morgan fingerprint density at radius 2 is 1.48 bits per heavy atom. The van der Waals surface area contributed by atoms with Crippen molar-refractivity contribution in [2.24, 2.45) is 0 Å². The zero-order valence-corrected chi connectivity index (χ0v) is 20.1. The first-order valence-corrected chi connectivity index (χ1v) is 11.3. The summed E-state index contributed by atoms with van der Waals surface area (Å²) in [6.07, 6.45) is 1.57. The van der Waals surface area contributed by atoms with Gasteiger partial charge in [0.2, 0.25) is 0 Å². The van der Waals surface area contributed by atoms with Gasteiger partial charge >= 0.3 is 0 Å². The summed E-state index contributed by atoms with van der Waals surface area (Å²) in [6.45, 7) is 1.94. The van der Waals surface area contributed by atoms with E-state index in [4.69, 9.17) is 51.4 Å². The Labute approximate surface area is 208 Å². The zero-order valence-electron chi connectivity index (χ0n) is 17.1. The normalized spacial score (nSPS) is 11.3. The molecule has 0 aliphatic heterocycles. The van der Waals surface area contributed by atoms with E-state index < -0.39 is 0 Å². The fraction of sp³-hybridized carbons (Fsp3) is 0.0417. The van der Waals surface area contributed by atoms with Gasteiger partial charge in [0.05, 0.1) is 16.4 Å². The molecule has 0 N–H and O–H groups in total. The number of hydrogen-bond acceptors (Lipinski definition) is 3. The first kappa shape index (κ1) is 22.0. The number of aryl methyl sites for hydroxylation is 1. The Bertz CT molecular complexity index is 1590. The van der Waals surface area contributed by atoms with Gasteiger partial charge in [-0.2, -0.15) is 0 Å². The molecule has 0 spiro atoms. The maximum absolute atomic E-state index is 14.0. The summed E-state index contributed by atoms with van der Waals surface area (Å²) >= 11 is 24.9. The molecule has 33 heavy (non-hydrogen) atoms. The van der Waals surface area contributed by atoms with E-state index in [-0.39, 0.29) is 11.2 Å². The zero-order chi connectivity index (χ0) is 23.3. The Hall–Kier alpha value is -2.83. The van der Waals surface area contributed by atoms with Crippen LogP contribution in [-0.4, -0.2) is 19.1 Å². The molecule has 5 rings (SSSR count). The Morgan fingerprint density at radius 1 is 0.818 bits per heavy atom. The molecule has 0 fully saturated rings. The molecule has 0 unspecified atom stereocenters. The third-order valence-electron chi connectivity index (χ3n) is 5.27. The highest BCUT2D eigenvalue weighted by atomic mass is 35.5. The van der Waals surface area contributed by atoms with E-state index in [0.29, 0.717) is 42.7 Å². The topological polar surface area (TPSA) is 52.7 Å². The second kappa shape index (κ2) is 8.50. The number of imidazole rings is 1. The predicted molar refractivity (Wildman–Crippen MR) is 135 cm³/mol. The van der Waals surface area contributed by atoms with Crippen LogP contribution in [0.2, 0.25) is 20.1 Å². The van der Waals surface area contributed by atoms with Crippen molar-refractivity contribution < 1.29 is 0 Å². The molecule has 9 heteroatoms. The maximum Gasteiger partial charge on any atom is 0.285 e. The van der Waals surface area contributed by atoms with Crippen LogP contribution in [0.1, 0.15) is 5.56 Å². The average molecular weight is 516 g/mol. The van der Waals surface area contributed by atoms with E-state index in [1.54, 1.807) is 65.5 Å². The van der Waals surface area contributed by atoms with Gasteiger partial charge in [-0.05, 0) is 67.1 Å². The van der Waals surface area contributed by atoms with Gasteiger partial charge in [-0.1, -0.05) is 52.5 Å². The molecule has 0 aliphatic carbocycles. The molecular weight excluding hydrogens is 502 g/mol. The minimum absolute atomic E-state index is 0.283. The van der Waals surface area contributed by atoms with E-state index >= 15 is 0 Å². The summed E-state index contributed by atoms with van der Waals surface area (Å²) in [5.41, 5.74) is 3.07. The van der Waals surface area contributed by atoms with Gasteiger partial charge in [-0.3, -0.25) is 13.9 Å². The van der Waals surface area contributed by atoms with E-state index in [0.717, 1.165) is 11.3 Å². The molecule has 164 valence electrons. The van der Waals surface area contributed by atoms with E-state index in [9.17, 15) is 4.79 Å². The van der Waals surface area contributed by atoms with Crippen molar-refractivity contribution >= 4 is 57.6 Å². The van der Waals surface area contributed by atoms with Gasteiger partial charge in [0.25, 0.3) is 5.56 Å². The smallest absolute Gasteiger partial charge is 0.285 e. The van der Waals surface area contributed by atoms with Gasteiger partial charge in [0.1, 0.15) is 6.33 Å². The molecule has 0 radical (unpaired) electrons. The highest BCUT2D eigenvalue weighted by Crippen LogP contribution is 2.31. The molecule has 0 bridgehead atoms. The number of benzene rings is 3. The summed E-state index contributed by atoms with van der Waals surface area (Å²) in [4.78, 5) is 23.1. The fourth-order valence-corrected chi connectivity index (χ4v) is 4.46. The van der Waals surface area contributed by atoms with E-state index in [1.165, 1.54) is 4.57 Å². The minimum Gasteiger partial charge on any atom is -0.292 e. The number of nitrogens with zero attached hydrogens (tertiary/aromatic N) is 4. The molecule has 0 amide bonds. The Balaban J connectivity index is 1.88. The Kier molecular flexibility index (Phi) is 5.67. The average Bonchev–Trinajstić information content (AvgIpc) is 3.20. The van der Waals surface area contributed by atoms with Crippen LogP contribution in [0.25, 0.3) is 33.9 Å². The lowest BCUT2D eigenvalue weighted by atomic mass is 10.2. The van der Waals surface area contributed by atoms with Gasteiger partial charge in [-0.15, -0.1) is 0 Å². The number of aromatic nitrogens is 4. The van der Waals surface area contributed by atoms with Crippen molar-refractivity contribution in [3.05, 3.63) is 103 Å². The number of halogens is 4. The van der Waals surface area contributed by atoms with Crippen LogP contribution in [0.4, 0.5) is 0 Å². The van der Waals surface area contributed by atoms with Crippen molar-refractivity contribution in [2.75, 3.05) is 0 Å². The van der Waals surface area contributed by atoms with Gasteiger partial charge in [0.15, 0.2) is 17.0 Å². The summed E-state index contributed by atoms with van der Waals surface area (Å²) in [5, 5.41) is 1.94. The van der Waals surface area contributed by atoms with Crippen molar-refractivity contribution in [1.82, 2.24) is 19.1 Å². The molecule has 0 saturated heterocycles. The molecule has 5 nitrogen and oxygen atoms in total. The second-order valence-electron chi connectivity index (χ2n) is 7.39. The van der Waals surface area contributed by atoms with Crippen LogP contribution in [0.5, 0.6) is 0 Å². The first-order valence-electron chi connectivity index (χ1n) is 9.81. The molecule has 5 aromatic rings. The van der Waals surface area contributed by atoms with Crippen LogP contribution >= 0.6 is 46.4 Å². The van der Waals surface area contributed by atoms with Crippen molar-refractivity contribution in [2.45, 2.75) is 6.92 Å². The number of rotatable bonds is 3. The van der Waals surface area contributed by atoms with Crippen LogP contribution < -0.4 is 5.56 Å². The second-order valence-corrected chi connectivity index (χ2v) is 9.11. The van der Waals surface area contributed by atoms with Crippen LogP contribution in [0.15, 0.2) is 71.8 Å². The minimum atomic E-state index is -0.319. The third-order valence-corrected chi connectivity index (χ3v) is 6.30. The van der Waals surface area contributed by atoms with Gasteiger partial charge in [0, 0.05) is 20.6 Å². The molecule has 3 aromatic carbocycles. The summed E-state index contributed by atoms with van der Waals surface area (Å²) in [6, 6.07) is 17.4. The molecule has 2 heterocycles. The SMILES string of the molecule is Cc1ccc(Cl)cc1-n1cnc2nc(-c3ccc(Cl)cc3Cl)n(-c3ccc(Cl)cc3)c(=O)c21. The monoisotopic (exact) mass is 514 g/mol. The summed E-state index contributed by atoms with van der Waals surface area (Å²) in [7, 11) is 0. The third kappa shape index (κ3) is 3.91. The van der Waals surface area contributed by atoms with Crippen LogP contribution in [0, 0.1) is 6.92 Å². The van der Waals surface area contributed by atoms with Gasteiger partial charge in [-0.25, -0.2) is 9.97 Å². The number of fused-ring (bicyclic) bond motifs is 1. The standard InChI is InChI=1S/C24H14Cl4N4O/c1-13-2-3-16(27)11-20(13)31-12-29-22-21(31)24(33)32(17-7-4-14(25)5-8-17)23(30-22)18-9-6-15(26)10-19(18)28/h2-12H,1H3. The predicted octanol–water partition coefficient (Wildman–Crippen LogP) is 7.16. The largest absolute Gasteiger partial charge is 0.292 e. The van der Waals surface area contributed by atoms with Crippen LogP contribution in [0.3, 0.4) is 0 Å². The molecular formula is C24H14Cl4N4O. The Morgan fingerprint density at radius 3 is 2.21 bits per heavy atom. The fourth-order valence-electron chi connectivity index (χ4n) is 3.68. The molecule has 0 atom stereocenters. The van der Waals surface area contributed by atoms with Gasteiger partial charge < -0.3 is 0 Å². The molecule has 0 aliphatic rings. The first-order chi connectivity index (χ1) is 15.8. The quantitative estimate of drug-likeness (QED) is 0.256. The number of hydrogen-bond donors (Lipinski definition) is 0. The maximum atomic E-state index is 14.0. The van der Waals surface area contributed by atoms with Crippen LogP contribution in [-0.2, 0) is 0 Å². The van der Waals surface area contributed by atoms with Crippen molar-refractivity contribution in [3.8, 4) is 22.8 Å². The summed E-state index contributed by atoms with van der Waals surface area (Å²) < 4.78 is 3.19. The lowest BCUT2D eigenvalue weighted by Crippen LogP contribution is -2.23. The van der Waals surface area contributed by atoms with E-state index in [1.807, 2.05) is 13.0 Å². The van der Waals surface area contributed by atoms with E-state index in [2.05, 4.69) is 4.98 Å². The lowest BCUT2D eigenvalue weighted by Gasteiger charge is -2.15. The highest BCUT2D eigenvalue weighted by Gasteiger charge is 2.21. The molecule has 2 aromatic heterocycles. The summed E-state index contributed by atoms with van der Waals surface area (Å²) in [5.74, 6) is 0.338. The highest BCUT2D eigenvalue weighted by molar-refractivity contribution is 6.36.